The van der Waals surface area contributed by atoms with Crippen molar-refractivity contribution in [2.24, 2.45) is 5.92 Å². The van der Waals surface area contributed by atoms with Gasteiger partial charge < -0.3 is 5.32 Å². The molecule has 1 amide bonds. The van der Waals surface area contributed by atoms with Gasteiger partial charge in [0.2, 0.25) is 5.91 Å². The third kappa shape index (κ3) is 5.43. The lowest BCUT2D eigenvalue weighted by molar-refractivity contribution is -0.125. The zero-order chi connectivity index (χ0) is 21.8. The van der Waals surface area contributed by atoms with Gasteiger partial charge in [0, 0.05) is 16.7 Å². The Morgan fingerprint density at radius 2 is 1.97 bits per heavy atom. The third-order valence-corrected chi connectivity index (χ3v) is 7.00. The van der Waals surface area contributed by atoms with Crippen LogP contribution in [0.15, 0.2) is 47.6 Å². The number of amides is 1. The maximum absolute atomic E-state index is 12.5. The Balaban J connectivity index is 1.60. The molecule has 0 radical (unpaired) electrons. The maximum Gasteiger partial charge on any atom is 0.223 e. The van der Waals surface area contributed by atoms with Gasteiger partial charge in [-0.2, -0.15) is 0 Å². The van der Waals surface area contributed by atoms with Crippen LogP contribution in [0.4, 0.5) is 0 Å². The summed E-state index contributed by atoms with van der Waals surface area (Å²) in [5, 5.41) is 13.6. The first kappa shape index (κ1) is 22.2. The summed E-state index contributed by atoms with van der Waals surface area (Å²) in [6, 6.07) is 13.7. The van der Waals surface area contributed by atoms with Gasteiger partial charge in [0.1, 0.15) is 0 Å². The van der Waals surface area contributed by atoms with Crippen molar-refractivity contribution in [1.29, 1.82) is 0 Å². The van der Waals surface area contributed by atoms with E-state index in [2.05, 4.69) is 40.6 Å². The van der Waals surface area contributed by atoms with Gasteiger partial charge in [0.15, 0.2) is 11.0 Å². The number of hydrogen-bond acceptors (Lipinski definition) is 4. The number of carbonyl (C=O) groups excluding carboxylic acids is 1. The van der Waals surface area contributed by atoms with E-state index in [1.807, 2.05) is 10.6 Å². The van der Waals surface area contributed by atoms with Gasteiger partial charge >= 0.3 is 0 Å². The number of aryl methyl sites for hydroxylation is 1. The van der Waals surface area contributed by atoms with Crippen molar-refractivity contribution >= 4 is 40.9 Å². The Hall–Kier alpha value is -2.02. The molecule has 0 unspecified atom stereocenters. The normalized spacial score (nSPS) is 14.2. The minimum atomic E-state index is 0.0817. The summed E-state index contributed by atoms with van der Waals surface area (Å²) in [5.74, 6) is 1.55. The molecule has 0 bridgehead atoms. The topological polar surface area (TPSA) is 59.8 Å². The smallest absolute Gasteiger partial charge is 0.223 e. The van der Waals surface area contributed by atoms with Crippen LogP contribution in [0, 0.1) is 12.8 Å². The average molecular weight is 475 g/mol. The molecular formula is C23H24Cl2N4OS. The van der Waals surface area contributed by atoms with E-state index in [9.17, 15) is 4.79 Å². The minimum Gasteiger partial charge on any atom is -0.349 e. The molecule has 31 heavy (non-hydrogen) atoms. The van der Waals surface area contributed by atoms with E-state index in [0.29, 0.717) is 26.7 Å². The van der Waals surface area contributed by atoms with Gasteiger partial charge in [-0.25, -0.2) is 0 Å². The molecule has 1 saturated carbocycles. The van der Waals surface area contributed by atoms with Crippen LogP contribution in [0.25, 0.3) is 5.69 Å². The summed E-state index contributed by atoms with van der Waals surface area (Å²) in [4.78, 5) is 12.5. The highest BCUT2D eigenvalue weighted by atomic mass is 35.5. The van der Waals surface area contributed by atoms with Gasteiger partial charge in [-0.05, 0) is 43.5 Å². The summed E-state index contributed by atoms with van der Waals surface area (Å²) in [7, 11) is 0. The van der Waals surface area contributed by atoms with Crippen molar-refractivity contribution in [3.63, 3.8) is 0 Å². The monoisotopic (exact) mass is 474 g/mol. The molecule has 1 aliphatic rings. The number of carbonyl (C=O) groups is 1. The van der Waals surface area contributed by atoms with Gasteiger partial charge in [0.05, 0.1) is 17.3 Å². The quantitative estimate of drug-likeness (QED) is 0.427. The molecule has 0 aliphatic heterocycles. The molecule has 2 aromatic carbocycles. The number of thioether (sulfide) groups is 1. The molecule has 162 valence electrons. The van der Waals surface area contributed by atoms with Crippen LogP contribution in [-0.2, 0) is 17.1 Å². The van der Waals surface area contributed by atoms with E-state index in [1.54, 1.807) is 30.0 Å². The largest absolute Gasteiger partial charge is 0.349 e. The molecule has 4 rings (SSSR count). The summed E-state index contributed by atoms with van der Waals surface area (Å²) in [5.41, 5.74) is 3.12. The summed E-state index contributed by atoms with van der Waals surface area (Å²) >= 11 is 14.3. The fraction of sp³-hybridized carbons (Fsp3) is 0.348. The highest BCUT2D eigenvalue weighted by Crippen LogP contribution is 2.31. The molecule has 5 nitrogen and oxygen atoms in total. The highest BCUT2D eigenvalue weighted by Gasteiger charge is 2.24. The lowest BCUT2D eigenvalue weighted by atomic mass is 10.1. The van der Waals surface area contributed by atoms with Crippen LogP contribution in [-0.4, -0.2) is 20.7 Å². The molecular weight excluding hydrogens is 451 g/mol. The van der Waals surface area contributed by atoms with Crippen LogP contribution in [0.3, 0.4) is 0 Å². The first-order chi connectivity index (χ1) is 15.0. The highest BCUT2D eigenvalue weighted by molar-refractivity contribution is 7.98. The second-order valence-electron chi connectivity index (χ2n) is 7.81. The lowest BCUT2D eigenvalue weighted by Gasteiger charge is -2.14. The zero-order valence-electron chi connectivity index (χ0n) is 17.3. The van der Waals surface area contributed by atoms with Gasteiger partial charge in [0.25, 0.3) is 0 Å². The van der Waals surface area contributed by atoms with Crippen LogP contribution >= 0.6 is 35.0 Å². The van der Waals surface area contributed by atoms with E-state index < -0.39 is 0 Å². The molecule has 1 aromatic heterocycles. The Morgan fingerprint density at radius 1 is 1.16 bits per heavy atom. The molecule has 0 spiro atoms. The number of aromatic nitrogens is 3. The Labute approximate surface area is 196 Å². The first-order valence-corrected chi connectivity index (χ1v) is 12.1. The SMILES string of the molecule is Cc1cccc(CSc2nnc(CNC(=O)C3CCCC3)n2-c2cc(Cl)ccc2Cl)c1. The number of halogens is 2. The molecule has 8 heteroatoms. The Kier molecular flexibility index (Phi) is 7.20. The van der Waals surface area contributed by atoms with Crippen molar-refractivity contribution in [2.45, 2.75) is 50.1 Å². The molecule has 1 heterocycles. The van der Waals surface area contributed by atoms with Crippen molar-refractivity contribution < 1.29 is 4.79 Å². The predicted octanol–water partition coefficient (Wildman–Crippen LogP) is 5.98. The van der Waals surface area contributed by atoms with E-state index in [-0.39, 0.29) is 18.4 Å². The number of rotatable bonds is 7. The van der Waals surface area contributed by atoms with E-state index in [0.717, 1.165) is 31.4 Å². The van der Waals surface area contributed by atoms with Crippen LogP contribution in [0.1, 0.15) is 42.6 Å². The predicted molar refractivity (Wildman–Crippen MR) is 126 cm³/mol. The third-order valence-electron chi connectivity index (χ3n) is 5.45. The number of nitrogens with one attached hydrogen (secondary N) is 1. The van der Waals surface area contributed by atoms with Crippen LogP contribution in [0.2, 0.25) is 10.0 Å². The number of benzene rings is 2. The Morgan fingerprint density at radius 3 is 2.74 bits per heavy atom. The molecule has 3 aromatic rings. The van der Waals surface area contributed by atoms with E-state index >= 15 is 0 Å². The van der Waals surface area contributed by atoms with Crippen molar-refractivity contribution in [3.8, 4) is 5.69 Å². The summed E-state index contributed by atoms with van der Waals surface area (Å²) < 4.78 is 1.89. The van der Waals surface area contributed by atoms with Crippen molar-refractivity contribution in [3.05, 3.63) is 69.5 Å². The summed E-state index contributed by atoms with van der Waals surface area (Å²) in [6.07, 6.45) is 4.14. The van der Waals surface area contributed by atoms with Crippen LogP contribution < -0.4 is 5.32 Å². The van der Waals surface area contributed by atoms with Gasteiger partial charge in [-0.3, -0.25) is 9.36 Å². The van der Waals surface area contributed by atoms with Crippen molar-refractivity contribution in [2.75, 3.05) is 0 Å². The first-order valence-electron chi connectivity index (χ1n) is 10.4. The molecule has 1 fully saturated rings. The molecule has 0 saturated heterocycles. The van der Waals surface area contributed by atoms with E-state index in [1.165, 1.54) is 11.1 Å². The van der Waals surface area contributed by atoms with Crippen molar-refractivity contribution in [1.82, 2.24) is 20.1 Å². The average Bonchev–Trinajstić information content (AvgIpc) is 3.42. The Bertz CT molecular complexity index is 1080. The minimum absolute atomic E-state index is 0.0817. The second kappa shape index (κ2) is 10.1. The fourth-order valence-electron chi connectivity index (χ4n) is 3.86. The zero-order valence-corrected chi connectivity index (χ0v) is 19.6. The second-order valence-corrected chi connectivity index (χ2v) is 9.59. The van der Waals surface area contributed by atoms with E-state index in [4.69, 9.17) is 23.2 Å². The number of nitrogens with zero attached hydrogens (tertiary/aromatic N) is 3. The maximum atomic E-state index is 12.5. The molecule has 1 aliphatic carbocycles. The van der Waals surface area contributed by atoms with Gasteiger partial charge in [-0.1, -0.05) is 77.6 Å². The molecule has 0 atom stereocenters. The van der Waals surface area contributed by atoms with Gasteiger partial charge in [-0.15, -0.1) is 10.2 Å². The fourth-order valence-corrected chi connectivity index (χ4v) is 5.13. The standard InChI is InChI=1S/C23H24Cl2N4OS/c1-15-5-4-6-16(11-15)14-31-23-28-27-21(13-26-22(30)17-7-2-3-8-17)29(23)20-12-18(24)9-10-19(20)25/h4-6,9-12,17H,2-3,7-8,13-14H2,1H3,(H,26,30). The lowest BCUT2D eigenvalue weighted by Crippen LogP contribution is -2.29. The summed E-state index contributed by atoms with van der Waals surface area (Å²) in [6.45, 7) is 2.36. The van der Waals surface area contributed by atoms with Crippen LogP contribution in [0.5, 0.6) is 0 Å². The molecule has 1 N–H and O–H groups in total. The number of hydrogen-bond donors (Lipinski definition) is 1.